The van der Waals surface area contributed by atoms with Gasteiger partial charge in [0.05, 0.1) is 11.9 Å². The van der Waals surface area contributed by atoms with Crippen LogP contribution in [0.25, 0.3) is 11.3 Å². The molecule has 2 rings (SSSR count). The van der Waals surface area contributed by atoms with Gasteiger partial charge in [0.1, 0.15) is 18.5 Å². The average Bonchev–Trinajstić information content (AvgIpc) is 2.80. The third-order valence-corrected chi connectivity index (χ3v) is 5.86. The number of ether oxygens (including phenoxy) is 1. The predicted octanol–water partition coefficient (Wildman–Crippen LogP) is 8.73. The first-order chi connectivity index (χ1) is 15.2. The number of alkyl halides is 1. The Kier molecular flexibility index (Phi) is 13.0. The lowest BCUT2D eigenvalue weighted by molar-refractivity contribution is 0.183. The Labute approximate surface area is 189 Å². The van der Waals surface area contributed by atoms with Crippen LogP contribution in [0.2, 0.25) is 0 Å². The molecule has 0 saturated carbocycles. The summed E-state index contributed by atoms with van der Waals surface area (Å²) in [6.45, 7) is 4.50. The summed E-state index contributed by atoms with van der Waals surface area (Å²) < 4.78 is 19.4. The third kappa shape index (κ3) is 10.8. The van der Waals surface area contributed by atoms with Gasteiger partial charge in [-0.2, -0.15) is 0 Å². The van der Waals surface area contributed by atoms with Crippen LogP contribution in [0.15, 0.2) is 42.6 Å². The first kappa shape index (κ1) is 25.4. The summed E-state index contributed by atoms with van der Waals surface area (Å²) in [5, 5.41) is 0. The zero-order valence-electron chi connectivity index (χ0n) is 19.8. The predicted molar refractivity (Wildman–Crippen MR) is 131 cm³/mol. The molecule has 0 aliphatic carbocycles. The van der Waals surface area contributed by atoms with Crippen molar-refractivity contribution in [1.82, 2.24) is 4.98 Å². The minimum Gasteiger partial charge on any atom is -0.489 e. The Balaban J connectivity index is 1.68. The second-order valence-electron chi connectivity index (χ2n) is 8.71. The molecule has 2 nitrogen and oxygen atoms in total. The van der Waals surface area contributed by atoms with Gasteiger partial charge in [0.15, 0.2) is 0 Å². The number of rotatable bonds is 17. The number of nitrogens with zero attached hydrogens (tertiary/aromatic N) is 1. The highest BCUT2D eigenvalue weighted by Crippen LogP contribution is 2.21. The van der Waals surface area contributed by atoms with Crippen LogP contribution in [0.4, 0.5) is 4.39 Å². The molecular formula is C28H42FNO. The van der Waals surface area contributed by atoms with E-state index in [0.29, 0.717) is 12.2 Å². The highest BCUT2D eigenvalue weighted by molar-refractivity contribution is 5.59. The molecule has 0 fully saturated rings. The fourth-order valence-corrected chi connectivity index (χ4v) is 3.83. The Morgan fingerprint density at radius 3 is 2.06 bits per heavy atom. The molecule has 1 atom stereocenters. The van der Waals surface area contributed by atoms with Crippen molar-refractivity contribution in [3.8, 4) is 17.0 Å². The maximum absolute atomic E-state index is 13.8. The molecule has 3 heteroatoms. The number of hydrogen-bond donors (Lipinski definition) is 0. The zero-order valence-corrected chi connectivity index (χ0v) is 19.8. The summed E-state index contributed by atoms with van der Waals surface area (Å²) in [4.78, 5) is 4.50. The molecule has 0 bridgehead atoms. The van der Waals surface area contributed by atoms with E-state index in [9.17, 15) is 4.39 Å². The fraction of sp³-hybridized carbons (Fsp3) is 0.607. The van der Waals surface area contributed by atoms with E-state index < -0.39 is 6.17 Å². The van der Waals surface area contributed by atoms with Gasteiger partial charge in [-0.25, -0.2) is 4.39 Å². The van der Waals surface area contributed by atoms with Crippen LogP contribution in [0.3, 0.4) is 0 Å². The number of aryl methyl sites for hydroxylation is 1. The standard InChI is InChI=1S/C28H42FNO/c1-3-5-7-8-9-10-11-13-14-24-16-18-25(19-17-24)28-21-20-27(22-30-28)31-23-26(29)15-12-6-4-2/h16-22,26H,3-15,23H2,1-2H3. The highest BCUT2D eigenvalue weighted by atomic mass is 19.1. The highest BCUT2D eigenvalue weighted by Gasteiger charge is 2.08. The topological polar surface area (TPSA) is 22.1 Å². The molecular weight excluding hydrogens is 385 g/mol. The Bertz CT molecular complexity index is 683. The van der Waals surface area contributed by atoms with Crippen molar-refractivity contribution >= 4 is 0 Å². The molecule has 2 aromatic rings. The molecule has 1 unspecified atom stereocenters. The summed E-state index contributed by atoms with van der Waals surface area (Å²) in [6.07, 6.45) is 16.5. The molecule has 1 heterocycles. The van der Waals surface area contributed by atoms with E-state index in [1.54, 1.807) is 6.20 Å². The van der Waals surface area contributed by atoms with Crippen LogP contribution < -0.4 is 4.74 Å². The van der Waals surface area contributed by atoms with Crippen molar-refractivity contribution in [3.05, 3.63) is 48.2 Å². The van der Waals surface area contributed by atoms with E-state index in [1.165, 1.54) is 56.9 Å². The number of hydrogen-bond acceptors (Lipinski definition) is 2. The molecule has 0 amide bonds. The van der Waals surface area contributed by atoms with Crippen LogP contribution >= 0.6 is 0 Å². The second-order valence-corrected chi connectivity index (χ2v) is 8.71. The Morgan fingerprint density at radius 1 is 0.774 bits per heavy atom. The van der Waals surface area contributed by atoms with Crippen molar-refractivity contribution in [3.63, 3.8) is 0 Å². The summed E-state index contributed by atoms with van der Waals surface area (Å²) in [5.41, 5.74) is 3.42. The lowest BCUT2D eigenvalue weighted by Crippen LogP contribution is -2.12. The van der Waals surface area contributed by atoms with Gasteiger partial charge < -0.3 is 4.74 Å². The van der Waals surface area contributed by atoms with E-state index in [-0.39, 0.29) is 6.61 Å². The molecule has 0 spiro atoms. The maximum atomic E-state index is 13.8. The minimum absolute atomic E-state index is 0.109. The van der Waals surface area contributed by atoms with Crippen LogP contribution in [0.1, 0.15) is 96.5 Å². The molecule has 0 aliphatic rings. The van der Waals surface area contributed by atoms with E-state index >= 15 is 0 Å². The average molecular weight is 428 g/mol. The van der Waals surface area contributed by atoms with Gasteiger partial charge >= 0.3 is 0 Å². The zero-order chi connectivity index (χ0) is 22.2. The van der Waals surface area contributed by atoms with Gasteiger partial charge in [0, 0.05) is 5.56 Å². The van der Waals surface area contributed by atoms with E-state index in [0.717, 1.165) is 36.9 Å². The summed E-state index contributed by atoms with van der Waals surface area (Å²) in [6, 6.07) is 12.6. The second kappa shape index (κ2) is 15.8. The molecule has 1 aromatic carbocycles. The largest absolute Gasteiger partial charge is 0.489 e. The van der Waals surface area contributed by atoms with E-state index in [1.807, 2.05) is 12.1 Å². The summed E-state index contributed by atoms with van der Waals surface area (Å²) >= 11 is 0. The van der Waals surface area contributed by atoms with Crippen molar-refractivity contribution in [2.45, 2.75) is 103 Å². The minimum atomic E-state index is -0.903. The molecule has 172 valence electrons. The summed E-state index contributed by atoms with van der Waals surface area (Å²) in [5.74, 6) is 0.633. The molecule has 1 aromatic heterocycles. The Hall–Kier alpha value is -1.90. The van der Waals surface area contributed by atoms with Gasteiger partial charge in [-0.05, 0) is 37.0 Å². The maximum Gasteiger partial charge on any atom is 0.137 e. The normalized spacial score (nSPS) is 12.1. The number of unbranched alkanes of at least 4 members (excludes halogenated alkanes) is 9. The molecule has 0 aliphatic heterocycles. The van der Waals surface area contributed by atoms with Crippen molar-refractivity contribution in [2.24, 2.45) is 0 Å². The SMILES string of the molecule is CCCCCCCCCCc1ccc(-c2ccc(OCC(F)CCCCC)cn2)cc1. The van der Waals surface area contributed by atoms with Crippen LogP contribution in [-0.4, -0.2) is 17.8 Å². The van der Waals surface area contributed by atoms with Gasteiger partial charge in [-0.15, -0.1) is 0 Å². The third-order valence-electron chi connectivity index (χ3n) is 5.86. The number of pyridine rings is 1. The smallest absolute Gasteiger partial charge is 0.137 e. The number of aromatic nitrogens is 1. The fourth-order valence-electron chi connectivity index (χ4n) is 3.83. The summed E-state index contributed by atoms with van der Waals surface area (Å²) in [7, 11) is 0. The first-order valence-electron chi connectivity index (χ1n) is 12.5. The Morgan fingerprint density at radius 2 is 1.42 bits per heavy atom. The van der Waals surface area contributed by atoms with Gasteiger partial charge in [-0.1, -0.05) is 102 Å². The van der Waals surface area contributed by atoms with Crippen LogP contribution in [0.5, 0.6) is 5.75 Å². The quantitative estimate of drug-likeness (QED) is 0.235. The lowest BCUT2D eigenvalue weighted by Gasteiger charge is -2.10. The molecule has 0 saturated heterocycles. The van der Waals surface area contributed by atoms with E-state index in [4.69, 9.17) is 4.74 Å². The van der Waals surface area contributed by atoms with Gasteiger partial charge in [0.25, 0.3) is 0 Å². The van der Waals surface area contributed by atoms with Crippen LogP contribution in [0, 0.1) is 0 Å². The first-order valence-corrected chi connectivity index (χ1v) is 12.5. The molecule has 31 heavy (non-hydrogen) atoms. The van der Waals surface area contributed by atoms with Crippen molar-refractivity contribution in [2.75, 3.05) is 6.61 Å². The van der Waals surface area contributed by atoms with E-state index in [2.05, 4.69) is 43.1 Å². The van der Waals surface area contributed by atoms with Gasteiger partial charge in [0.2, 0.25) is 0 Å². The molecule has 0 N–H and O–H groups in total. The molecule has 0 radical (unpaired) electrons. The van der Waals surface area contributed by atoms with Crippen molar-refractivity contribution < 1.29 is 9.13 Å². The lowest BCUT2D eigenvalue weighted by atomic mass is 10.0. The van der Waals surface area contributed by atoms with Crippen LogP contribution in [-0.2, 0) is 6.42 Å². The number of benzene rings is 1. The van der Waals surface area contributed by atoms with Crippen molar-refractivity contribution in [1.29, 1.82) is 0 Å². The number of halogens is 1. The van der Waals surface area contributed by atoms with Gasteiger partial charge in [-0.3, -0.25) is 4.98 Å². The monoisotopic (exact) mass is 427 g/mol.